The first kappa shape index (κ1) is 16.1. The number of ketones is 1. The van der Waals surface area contributed by atoms with Gasteiger partial charge in [0.1, 0.15) is 18.9 Å². The number of rotatable bonds is 4. The second kappa shape index (κ2) is 6.39. The Morgan fingerprint density at radius 3 is 2.83 bits per heavy atom. The van der Waals surface area contributed by atoms with E-state index < -0.39 is 0 Å². The highest BCUT2D eigenvalue weighted by Gasteiger charge is 2.18. The van der Waals surface area contributed by atoms with Gasteiger partial charge in [-0.25, -0.2) is 4.39 Å². The van der Waals surface area contributed by atoms with Gasteiger partial charge in [0, 0.05) is 28.7 Å². The van der Waals surface area contributed by atoms with Crippen molar-refractivity contribution in [1.82, 2.24) is 4.57 Å². The molecule has 0 aliphatic carbocycles. The Hall–Kier alpha value is -2.76. The molecule has 0 amide bonds. The third kappa shape index (κ3) is 2.99. The van der Waals surface area contributed by atoms with Gasteiger partial charge in [-0.3, -0.25) is 14.6 Å². The molecule has 5 nitrogen and oxygen atoms in total. The van der Waals surface area contributed by atoms with Crippen LogP contribution < -0.4 is 0 Å². The quantitative estimate of drug-likeness (QED) is 0.810. The molecule has 0 spiro atoms. The third-order valence-electron chi connectivity index (χ3n) is 4.19. The van der Waals surface area contributed by atoms with Crippen molar-refractivity contribution in [2.45, 2.75) is 19.9 Å². The van der Waals surface area contributed by atoms with Crippen LogP contribution >= 0.6 is 0 Å². The van der Waals surface area contributed by atoms with E-state index in [1.165, 1.54) is 25.3 Å². The van der Waals surface area contributed by atoms with Gasteiger partial charge in [-0.15, -0.1) is 0 Å². The third-order valence-corrected chi connectivity index (χ3v) is 4.19. The van der Waals surface area contributed by atoms with E-state index in [4.69, 9.17) is 4.74 Å². The van der Waals surface area contributed by atoms with Crippen LogP contribution in [0, 0.1) is 12.7 Å². The molecule has 0 saturated heterocycles. The number of aromatic nitrogens is 1. The fourth-order valence-electron chi connectivity index (χ4n) is 2.91. The molecular weight excluding hydrogens is 311 g/mol. The lowest BCUT2D eigenvalue weighted by molar-refractivity contribution is -0.141. The number of aliphatic imine (C=N–C) groups is 1. The number of allylic oxidation sites excluding steroid dienone is 1. The molecule has 3 rings (SSSR count). The average molecular weight is 328 g/mol. The second-order valence-corrected chi connectivity index (χ2v) is 5.67. The fraction of sp³-hybridized carbons (Fsp3) is 0.278. The second-order valence-electron chi connectivity index (χ2n) is 5.67. The number of carbonyl (C=O) groups is 2. The largest absolute Gasteiger partial charge is 0.468 e. The average Bonchev–Trinajstić information content (AvgIpc) is 2.81. The first-order valence-corrected chi connectivity index (χ1v) is 7.58. The van der Waals surface area contributed by atoms with E-state index in [0.717, 1.165) is 27.9 Å². The number of ether oxygens (including phenoxy) is 1. The van der Waals surface area contributed by atoms with Crippen LogP contribution in [0.2, 0.25) is 0 Å². The molecule has 2 heterocycles. The molecule has 6 heteroatoms. The van der Waals surface area contributed by atoms with Crippen LogP contribution in [-0.4, -0.2) is 35.7 Å². The van der Waals surface area contributed by atoms with Gasteiger partial charge in [-0.05, 0) is 42.8 Å². The molecule has 0 radical (unpaired) electrons. The van der Waals surface area contributed by atoms with E-state index in [9.17, 15) is 14.0 Å². The predicted molar refractivity (Wildman–Crippen MR) is 88.8 cm³/mol. The molecule has 24 heavy (non-hydrogen) atoms. The Morgan fingerprint density at radius 1 is 1.38 bits per heavy atom. The van der Waals surface area contributed by atoms with Crippen LogP contribution in [0.4, 0.5) is 4.39 Å². The number of methoxy groups -OCH3 is 1. The van der Waals surface area contributed by atoms with Crippen molar-refractivity contribution in [2.75, 3.05) is 13.7 Å². The molecule has 1 aliphatic heterocycles. The summed E-state index contributed by atoms with van der Waals surface area (Å²) in [5.74, 6) is -0.740. The predicted octanol–water partition coefficient (Wildman–Crippen LogP) is 2.38. The number of halogens is 1. The number of hydrogen-bond donors (Lipinski definition) is 0. The lowest BCUT2D eigenvalue weighted by atomic mass is 10.0. The maximum absolute atomic E-state index is 13.7. The maximum Gasteiger partial charge on any atom is 0.325 e. The van der Waals surface area contributed by atoms with Gasteiger partial charge in [0.2, 0.25) is 0 Å². The van der Waals surface area contributed by atoms with Crippen LogP contribution in [-0.2, 0) is 27.3 Å². The Balaban J connectivity index is 2.07. The zero-order valence-corrected chi connectivity index (χ0v) is 13.5. The summed E-state index contributed by atoms with van der Waals surface area (Å²) in [7, 11) is 1.34. The molecule has 1 aromatic carbocycles. The number of hydrogen-bond acceptors (Lipinski definition) is 4. The minimum Gasteiger partial charge on any atom is -0.468 e. The topological polar surface area (TPSA) is 60.7 Å². The number of nitrogens with zero attached hydrogens (tertiary/aromatic N) is 2. The van der Waals surface area contributed by atoms with Gasteiger partial charge in [-0.2, -0.15) is 0 Å². The molecule has 1 aliphatic rings. The van der Waals surface area contributed by atoms with E-state index in [-0.39, 0.29) is 30.7 Å². The molecule has 2 aromatic rings. The van der Waals surface area contributed by atoms with Gasteiger partial charge in [-0.1, -0.05) is 0 Å². The highest BCUT2D eigenvalue weighted by molar-refractivity contribution is 6.08. The summed E-state index contributed by atoms with van der Waals surface area (Å²) in [6.45, 7) is 2.08. The lowest BCUT2D eigenvalue weighted by Gasteiger charge is -2.08. The van der Waals surface area contributed by atoms with Gasteiger partial charge in [0.15, 0.2) is 5.78 Å². The van der Waals surface area contributed by atoms with Gasteiger partial charge < -0.3 is 9.30 Å². The zero-order valence-electron chi connectivity index (χ0n) is 13.5. The first-order valence-electron chi connectivity index (χ1n) is 7.58. The Bertz CT molecular complexity index is 893. The van der Waals surface area contributed by atoms with Gasteiger partial charge in [0.25, 0.3) is 0 Å². The molecule has 0 bridgehead atoms. The van der Waals surface area contributed by atoms with Crippen molar-refractivity contribution in [3.63, 3.8) is 0 Å². The SMILES string of the molecule is COC(=O)Cn1c(C)c(CC2=NCC(=O)C=C2)c2cc(F)ccc21. The van der Waals surface area contributed by atoms with Crippen LogP contribution in [0.5, 0.6) is 0 Å². The van der Waals surface area contributed by atoms with E-state index in [1.807, 2.05) is 11.5 Å². The first-order chi connectivity index (χ1) is 11.5. The van der Waals surface area contributed by atoms with Crippen molar-refractivity contribution < 1.29 is 18.7 Å². The highest BCUT2D eigenvalue weighted by Crippen LogP contribution is 2.28. The van der Waals surface area contributed by atoms with E-state index in [1.54, 1.807) is 12.1 Å². The number of esters is 1. The van der Waals surface area contributed by atoms with E-state index >= 15 is 0 Å². The summed E-state index contributed by atoms with van der Waals surface area (Å²) in [4.78, 5) is 27.2. The smallest absolute Gasteiger partial charge is 0.325 e. The zero-order chi connectivity index (χ0) is 17.3. The van der Waals surface area contributed by atoms with Crippen molar-refractivity contribution in [3.8, 4) is 0 Å². The molecule has 0 saturated carbocycles. The van der Waals surface area contributed by atoms with Crippen molar-refractivity contribution in [1.29, 1.82) is 0 Å². The Morgan fingerprint density at radius 2 is 2.17 bits per heavy atom. The van der Waals surface area contributed by atoms with Gasteiger partial charge in [0.05, 0.1) is 7.11 Å². The number of benzene rings is 1. The van der Waals surface area contributed by atoms with E-state index in [0.29, 0.717) is 6.42 Å². The lowest BCUT2D eigenvalue weighted by Crippen LogP contribution is -2.14. The number of dihydropyridines is 1. The molecule has 124 valence electrons. The summed E-state index contributed by atoms with van der Waals surface area (Å²) >= 11 is 0. The molecular formula is C18H17FN2O3. The molecule has 1 aromatic heterocycles. The molecule has 0 N–H and O–H groups in total. The highest BCUT2D eigenvalue weighted by atomic mass is 19.1. The Kier molecular flexibility index (Phi) is 4.29. The van der Waals surface area contributed by atoms with Crippen molar-refractivity contribution >= 4 is 28.4 Å². The van der Waals surface area contributed by atoms with Crippen molar-refractivity contribution in [3.05, 3.63) is 47.4 Å². The van der Waals surface area contributed by atoms with Crippen LogP contribution in [0.1, 0.15) is 11.3 Å². The minimum atomic E-state index is -0.369. The summed E-state index contributed by atoms with van der Waals surface area (Å²) in [6, 6.07) is 4.49. The van der Waals surface area contributed by atoms with Crippen LogP contribution in [0.15, 0.2) is 35.3 Å². The molecule has 0 fully saturated rings. The fourth-order valence-corrected chi connectivity index (χ4v) is 2.91. The van der Waals surface area contributed by atoms with Crippen molar-refractivity contribution in [2.24, 2.45) is 4.99 Å². The summed E-state index contributed by atoms with van der Waals surface area (Å²) in [6.07, 6.45) is 3.67. The maximum atomic E-state index is 13.7. The normalized spacial score (nSPS) is 14.1. The number of carbonyl (C=O) groups excluding carboxylic acids is 2. The van der Waals surface area contributed by atoms with Gasteiger partial charge >= 0.3 is 5.97 Å². The minimum absolute atomic E-state index is 0.0327. The molecule has 0 atom stereocenters. The van der Waals surface area contributed by atoms with Crippen LogP contribution in [0.25, 0.3) is 10.9 Å². The summed E-state index contributed by atoms with van der Waals surface area (Å²) in [5, 5.41) is 0.740. The Labute approximate surface area is 138 Å². The standard InChI is InChI=1S/C18H17FN2O3/c1-11-15(8-13-4-5-14(22)9-20-13)16-7-12(19)3-6-17(16)21(11)10-18(23)24-2/h3-7H,8-10H2,1-2H3. The molecule has 0 unspecified atom stereocenters. The summed E-state index contributed by atoms with van der Waals surface area (Å²) < 4.78 is 20.3. The van der Waals surface area contributed by atoms with E-state index in [2.05, 4.69) is 4.99 Å². The van der Waals surface area contributed by atoms with Crippen LogP contribution in [0.3, 0.4) is 0 Å². The monoisotopic (exact) mass is 328 g/mol. The summed E-state index contributed by atoms with van der Waals surface area (Å²) in [5.41, 5.74) is 3.28. The number of fused-ring (bicyclic) bond motifs is 1.